The number of aromatic nitrogens is 2. The molecule has 0 atom stereocenters. The van der Waals surface area contributed by atoms with Crippen LogP contribution < -0.4 is 0 Å². The Labute approximate surface area is 228 Å². The number of fused-ring (bicyclic) bond motifs is 12. The van der Waals surface area contributed by atoms with Crippen LogP contribution in [0, 0.1) is 0 Å². The number of para-hydroxylation sites is 2. The van der Waals surface area contributed by atoms with Crippen molar-refractivity contribution in [1.29, 1.82) is 0 Å². The zero-order chi connectivity index (χ0) is 26.3. The second kappa shape index (κ2) is 9.73. The Hall–Kier alpha value is -4.38. The van der Waals surface area contributed by atoms with E-state index in [9.17, 15) is 9.59 Å². The molecular formula is C34H31N3O2. The summed E-state index contributed by atoms with van der Waals surface area (Å²) in [5, 5.41) is 2.03. The van der Waals surface area contributed by atoms with Crippen LogP contribution in [0.1, 0.15) is 48.8 Å². The molecule has 0 fully saturated rings. The van der Waals surface area contributed by atoms with Crippen LogP contribution in [0.15, 0.2) is 91.3 Å². The summed E-state index contributed by atoms with van der Waals surface area (Å²) in [5.74, 6) is -0.439. The van der Waals surface area contributed by atoms with E-state index in [4.69, 9.17) is 0 Å². The highest BCUT2D eigenvalue weighted by atomic mass is 16.2. The van der Waals surface area contributed by atoms with E-state index in [1.54, 1.807) is 0 Å². The minimum absolute atomic E-state index is 0.220. The first kappa shape index (κ1) is 23.7. The number of rotatable bonds is 2. The Balaban J connectivity index is 1.49. The molecule has 194 valence electrons. The van der Waals surface area contributed by atoms with Gasteiger partial charge in [0.15, 0.2) is 0 Å². The molecule has 7 rings (SSSR count). The molecule has 0 saturated carbocycles. The fourth-order valence-corrected chi connectivity index (χ4v) is 6.34. The normalized spacial score (nSPS) is 16.6. The van der Waals surface area contributed by atoms with Crippen LogP contribution in [-0.2, 0) is 29.2 Å². The van der Waals surface area contributed by atoms with E-state index < -0.39 is 0 Å². The third kappa shape index (κ3) is 4.00. The van der Waals surface area contributed by atoms with Crippen LogP contribution in [0.4, 0.5) is 0 Å². The smallest absolute Gasteiger partial charge is 0.262 e. The molecule has 39 heavy (non-hydrogen) atoms. The minimum atomic E-state index is -0.220. The summed E-state index contributed by atoms with van der Waals surface area (Å²) in [6.07, 6.45) is 9.95. The molecule has 0 N–H and O–H groups in total. The Kier molecular flexibility index (Phi) is 5.92. The molecule has 2 aliphatic heterocycles. The summed E-state index contributed by atoms with van der Waals surface area (Å²) < 4.78 is 4.55. The molecule has 0 aliphatic carbocycles. The van der Waals surface area contributed by atoms with Gasteiger partial charge in [-0.3, -0.25) is 14.5 Å². The maximum Gasteiger partial charge on any atom is 0.262 e. The molecular weight excluding hydrogens is 482 g/mol. The lowest BCUT2D eigenvalue weighted by molar-refractivity contribution is -0.136. The Bertz CT molecular complexity index is 1650. The Morgan fingerprint density at radius 1 is 0.538 bits per heavy atom. The van der Waals surface area contributed by atoms with Crippen molar-refractivity contribution in [3.8, 4) is 0 Å². The van der Waals surface area contributed by atoms with Crippen LogP contribution in [0.3, 0.4) is 0 Å². The monoisotopic (exact) mass is 513 g/mol. The summed E-state index contributed by atoms with van der Waals surface area (Å²) in [5.41, 5.74) is 5.88. The fourth-order valence-electron chi connectivity index (χ4n) is 6.34. The number of imide groups is 1. The standard InChI is InChI=1S/C34H31N3O2/c38-33-31-27-22-35(29-17-9-7-15-25(27)29)19-11-2-1-3-12-20-36-23-28(26-16-8-10-18-30(26)36)32(31)34(39)37(33)21-24-13-5-4-6-14-24/h4-10,13-18,22-23H,1-3,11-12,19-21H2. The van der Waals surface area contributed by atoms with Crippen molar-refractivity contribution >= 4 is 44.8 Å². The van der Waals surface area contributed by atoms with Crippen molar-refractivity contribution in [2.24, 2.45) is 0 Å². The first-order chi connectivity index (χ1) is 19.2. The molecule has 4 bridgehead atoms. The third-order valence-corrected chi connectivity index (χ3v) is 8.27. The third-order valence-electron chi connectivity index (χ3n) is 8.27. The van der Waals surface area contributed by atoms with Gasteiger partial charge in [-0.1, -0.05) is 86.0 Å². The summed E-state index contributed by atoms with van der Waals surface area (Å²) in [4.78, 5) is 30.0. The van der Waals surface area contributed by atoms with Crippen LogP contribution in [-0.4, -0.2) is 25.8 Å². The van der Waals surface area contributed by atoms with E-state index in [2.05, 4.69) is 45.8 Å². The van der Waals surface area contributed by atoms with Gasteiger partial charge >= 0.3 is 0 Å². The van der Waals surface area contributed by atoms with Gasteiger partial charge in [0.2, 0.25) is 0 Å². The van der Waals surface area contributed by atoms with Crippen molar-refractivity contribution < 1.29 is 9.59 Å². The molecule has 0 unspecified atom stereocenters. The summed E-state index contributed by atoms with van der Waals surface area (Å²) >= 11 is 0. The maximum absolute atomic E-state index is 14.3. The van der Waals surface area contributed by atoms with Crippen molar-refractivity contribution in [2.75, 3.05) is 0 Å². The molecule has 5 aromatic rings. The molecule has 0 spiro atoms. The van der Waals surface area contributed by atoms with Gasteiger partial charge in [0.05, 0.1) is 17.7 Å². The van der Waals surface area contributed by atoms with E-state index in [-0.39, 0.29) is 18.4 Å². The second-order valence-corrected chi connectivity index (χ2v) is 10.7. The summed E-state index contributed by atoms with van der Waals surface area (Å²) in [6, 6.07) is 26.3. The minimum Gasteiger partial charge on any atom is -0.347 e. The SMILES string of the molecule is O=C1C2=C(C(=O)N1Cc1ccccc1)c1cn(c3ccccc13)CCCCCCCn1cc2c2ccccc21. The number of carbonyl (C=O) groups excluding carboxylic acids is 2. The predicted molar refractivity (Wildman–Crippen MR) is 156 cm³/mol. The lowest BCUT2D eigenvalue weighted by atomic mass is 9.95. The number of amides is 2. The first-order valence-electron chi connectivity index (χ1n) is 14.0. The maximum atomic E-state index is 14.3. The molecule has 3 aromatic carbocycles. The van der Waals surface area contributed by atoms with Crippen molar-refractivity contribution in [3.63, 3.8) is 0 Å². The number of carbonyl (C=O) groups is 2. The number of benzene rings is 3. The highest BCUT2D eigenvalue weighted by molar-refractivity contribution is 6.50. The van der Waals surface area contributed by atoms with Gasteiger partial charge in [0.1, 0.15) is 0 Å². The average molecular weight is 514 g/mol. The number of hydrogen-bond acceptors (Lipinski definition) is 2. The lowest BCUT2D eigenvalue weighted by Crippen LogP contribution is -2.30. The molecule has 0 saturated heterocycles. The van der Waals surface area contributed by atoms with E-state index in [0.29, 0.717) is 11.1 Å². The topological polar surface area (TPSA) is 47.2 Å². The van der Waals surface area contributed by atoms with Gasteiger partial charge in [-0.25, -0.2) is 0 Å². The molecule has 0 radical (unpaired) electrons. The molecule has 2 amide bonds. The van der Waals surface area contributed by atoms with Crippen LogP contribution in [0.25, 0.3) is 33.0 Å². The highest BCUT2D eigenvalue weighted by Crippen LogP contribution is 2.42. The zero-order valence-corrected chi connectivity index (χ0v) is 22.0. The van der Waals surface area contributed by atoms with Gasteiger partial charge in [-0.05, 0) is 30.5 Å². The number of nitrogens with zero attached hydrogens (tertiary/aromatic N) is 3. The van der Waals surface area contributed by atoms with Gasteiger partial charge < -0.3 is 9.13 Å². The van der Waals surface area contributed by atoms with Crippen molar-refractivity contribution in [1.82, 2.24) is 14.0 Å². The zero-order valence-electron chi connectivity index (χ0n) is 22.0. The molecule has 4 heterocycles. The van der Waals surface area contributed by atoms with Gasteiger partial charge in [-0.2, -0.15) is 0 Å². The highest BCUT2D eigenvalue weighted by Gasteiger charge is 2.41. The molecule has 5 nitrogen and oxygen atoms in total. The van der Waals surface area contributed by atoms with Gasteiger partial charge in [0.25, 0.3) is 11.8 Å². The summed E-state index contributed by atoms with van der Waals surface area (Å²) in [6.45, 7) is 2.05. The van der Waals surface area contributed by atoms with E-state index >= 15 is 0 Å². The van der Waals surface area contributed by atoms with Crippen molar-refractivity contribution in [2.45, 2.75) is 51.7 Å². The van der Waals surface area contributed by atoms with E-state index in [1.807, 2.05) is 54.6 Å². The van der Waals surface area contributed by atoms with E-state index in [1.165, 1.54) is 24.2 Å². The molecule has 2 aromatic heterocycles. The molecule has 5 heteroatoms. The fraction of sp³-hybridized carbons (Fsp3) is 0.235. The Morgan fingerprint density at radius 2 is 1.00 bits per heavy atom. The first-order valence-corrected chi connectivity index (χ1v) is 14.0. The largest absolute Gasteiger partial charge is 0.347 e. The number of aryl methyl sites for hydroxylation is 2. The van der Waals surface area contributed by atoms with E-state index in [0.717, 1.165) is 64.4 Å². The lowest BCUT2D eigenvalue weighted by Gasteiger charge is -2.15. The number of hydrogen-bond donors (Lipinski definition) is 0. The van der Waals surface area contributed by atoms with Crippen LogP contribution >= 0.6 is 0 Å². The Morgan fingerprint density at radius 3 is 1.54 bits per heavy atom. The summed E-state index contributed by atoms with van der Waals surface area (Å²) in [7, 11) is 0. The average Bonchev–Trinajstić information content (AvgIpc) is 3.59. The van der Waals surface area contributed by atoms with Gasteiger partial charge in [0, 0.05) is 58.4 Å². The van der Waals surface area contributed by atoms with Crippen molar-refractivity contribution in [3.05, 3.63) is 108 Å². The predicted octanol–water partition coefficient (Wildman–Crippen LogP) is 7.04. The van der Waals surface area contributed by atoms with Gasteiger partial charge in [-0.15, -0.1) is 0 Å². The second-order valence-electron chi connectivity index (χ2n) is 10.7. The van der Waals surface area contributed by atoms with Crippen LogP contribution in [0.5, 0.6) is 0 Å². The molecule has 2 aliphatic rings. The quantitative estimate of drug-likeness (QED) is 0.238. The van der Waals surface area contributed by atoms with Crippen LogP contribution in [0.2, 0.25) is 0 Å².